The predicted octanol–water partition coefficient (Wildman–Crippen LogP) is 6.67. The van der Waals surface area contributed by atoms with E-state index in [0.717, 1.165) is 57.4 Å². The van der Waals surface area contributed by atoms with E-state index >= 15 is 0 Å². The zero-order chi connectivity index (χ0) is 21.0. The Morgan fingerprint density at radius 1 is 0.536 bits per heavy atom. The maximum atomic E-state index is 11.0. The molecule has 0 bridgehead atoms. The molecule has 0 saturated heterocycles. The Hall–Kier alpha value is -0.107. The minimum absolute atomic E-state index is 0.261. The van der Waals surface area contributed by atoms with Gasteiger partial charge in [-0.2, -0.15) is 0 Å². The fourth-order valence-corrected chi connectivity index (χ4v) is 14.1. The standard InChI is InChI=1S/3C8H15O.Bi/c3*1-3-5-6-8(4-2)7-9;/h3*7-8H,1,3-6H2,2H3;. The first-order valence-corrected chi connectivity index (χ1v) is 19.1. The summed E-state index contributed by atoms with van der Waals surface area (Å²) in [5.41, 5.74) is 0. The van der Waals surface area contributed by atoms with Crippen LogP contribution in [0.3, 0.4) is 0 Å². The van der Waals surface area contributed by atoms with Crippen molar-refractivity contribution in [3.8, 4) is 0 Å². The average Bonchev–Trinajstić information content (AvgIpc) is 2.73. The number of hydrogen-bond acceptors (Lipinski definition) is 3. The Morgan fingerprint density at radius 3 is 1.04 bits per heavy atom. The quantitative estimate of drug-likeness (QED) is 0.0853. The van der Waals surface area contributed by atoms with Gasteiger partial charge in [0.2, 0.25) is 0 Å². The van der Waals surface area contributed by atoms with Gasteiger partial charge in [-0.1, -0.05) is 0 Å². The van der Waals surface area contributed by atoms with Crippen LogP contribution in [0.15, 0.2) is 0 Å². The molecule has 0 aromatic rings. The van der Waals surface area contributed by atoms with Crippen LogP contribution >= 0.6 is 0 Å². The molecule has 0 aromatic heterocycles. The van der Waals surface area contributed by atoms with Gasteiger partial charge in [-0.05, 0) is 0 Å². The molecule has 164 valence electrons. The molecule has 0 aliphatic carbocycles. The summed E-state index contributed by atoms with van der Waals surface area (Å²) in [6.45, 7) is 6.31. The third-order valence-corrected chi connectivity index (χ3v) is 17.1. The Bertz CT molecular complexity index is 329. The van der Waals surface area contributed by atoms with E-state index in [1.165, 1.54) is 50.9 Å². The summed E-state index contributed by atoms with van der Waals surface area (Å²) < 4.78 is 4.38. The second-order valence-corrected chi connectivity index (χ2v) is 18.7. The van der Waals surface area contributed by atoms with Gasteiger partial charge in [-0.15, -0.1) is 0 Å². The van der Waals surface area contributed by atoms with Crippen LogP contribution in [-0.4, -0.2) is 40.6 Å². The number of rotatable bonds is 21. The summed E-state index contributed by atoms with van der Waals surface area (Å²) in [7, 11) is 0. The molecule has 0 rings (SSSR count). The molecule has 3 unspecified atom stereocenters. The Balaban J connectivity index is 4.22. The maximum absolute atomic E-state index is 11.0. The summed E-state index contributed by atoms with van der Waals surface area (Å²) in [5, 5.41) is 0. The SMILES string of the molecule is CCC(C=O)CCC[CH2][Bi]([CH2]CCCC(C=O)CC)[CH2]CCCC(C=O)CC. The Morgan fingerprint density at radius 2 is 0.821 bits per heavy atom. The molecule has 0 aromatic carbocycles. The topological polar surface area (TPSA) is 51.2 Å². The van der Waals surface area contributed by atoms with Crippen molar-refractivity contribution in [3.63, 3.8) is 0 Å². The monoisotopic (exact) mass is 590 g/mol. The van der Waals surface area contributed by atoms with Crippen molar-refractivity contribution in [2.75, 3.05) is 0 Å². The number of aldehydes is 3. The van der Waals surface area contributed by atoms with Crippen LogP contribution in [0.1, 0.15) is 97.8 Å². The van der Waals surface area contributed by atoms with Gasteiger partial charge in [0.15, 0.2) is 0 Å². The molecule has 28 heavy (non-hydrogen) atoms. The van der Waals surface area contributed by atoms with Crippen molar-refractivity contribution in [2.24, 2.45) is 17.8 Å². The average molecular weight is 591 g/mol. The number of unbranched alkanes of at least 4 members (excludes halogenated alkanes) is 3. The molecule has 0 saturated carbocycles. The van der Waals surface area contributed by atoms with E-state index in [1.807, 2.05) is 0 Å². The van der Waals surface area contributed by atoms with E-state index in [-0.39, 0.29) is 17.8 Å². The van der Waals surface area contributed by atoms with Gasteiger partial charge in [-0.3, -0.25) is 0 Å². The van der Waals surface area contributed by atoms with Crippen LogP contribution in [0.5, 0.6) is 0 Å². The van der Waals surface area contributed by atoms with E-state index in [4.69, 9.17) is 0 Å². The van der Waals surface area contributed by atoms with E-state index in [9.17, 15) is 14.4 Å². The zero-order valence-corrected chi connectivity index (χ0v) is 22.2. The molecular formula is C24H45BiO3. The molecule has 0 aliphatic rings. The van der Waals surface area contributed by atoms with Crippen LogP contribution in [0.25, 0.3) is 0 Å². The molecule has 0 fully saturated rings. The van der Waals surface area contributed by atoms with Crippen molar-refractivity contribution in [2.45, 2.75) is 110 Å². The van der Waals surface area contributed by atoms with Crippen molar-refractivity contribution >= 4 is 40.6 Å². The second-order valence-electron chi connectivity index (χ2n) is 8.24. The van der Waals surface area contributed by atoms with Crippen LogP contribution in [-0.2, 0) is 14.4 Å². The van der Waals surface area contributed by atoms with Gasteiger partial charge in [0.25, 0.3) is 0 Å². The molecule has 3 atom stereocenters. The van der Waals surface area contributed by atoms with Gasteiger partial charge >= 0.3 is 183 Å². The van der Waals surface area contributed by atoms with Crippen molar-refractivity contribution in [1.29, 1.82) is 0 Å². The third kappa shape index (κ3) is 14.8. The van der Waals surface area contributed by atoms with E-state index in [0.29, 0.717) is 0 Å². The van der Waals surface area contributed by atoms with Crippen LogP contribution < -0.4 is 0 Å². The van der Waals surface area contributed by atoms with Crippen LogP contribution in [0.4, 0.5) is 0 Å². The molecule has 3 nitrogen and oxygen atoms in total. The fourth-order valence-electron chi connectivity index (χ4n) is 3.67. The van der Waals surface area contributed by atoms with Gasteiger partial charge in [-0.25, -0.2) is 0 Å². The first kappa shape index (κ1) is 27.9. The van der Waals surface area contributed by atoms with Crippen molar-refractivity contribution < 1.29 is 14.4 Å². The van der Waals surface area contributed by atoms with Crippen LogP contribution in [0, 0.1) is 17.8 Å². The molecule has 0 amide bonds. The summed E-state index contributed by atoms with van der Waals surface area (Å²) in [4.78, 5) is 33.0. The first-order chi connectivity index (χ1) is 13.6. The molecule has 4 heteroatoms. The van der Waals surface area contributed by atoms with Gasteiger partial charge in [0, 0.05) is 0 Å². The summed E-state index contributed by atoms with van der Waals surface area (Å²) in [5.74, 6) is 0.782. The predicted molar refractivity (Wildman–Crippen MR) is 121 cm³/mol. The molecule has 0 spiro atoms. The summed E-state index contributed by atoms with van der Waals surface area (Å²) in [6, 6.07) is 0. The molecular weight excluding hydrogens is 545 g/mol. The van der Waals surface area contributed by atoms with Gasteiger partial charge in [0.1, 0.15) is 0 Å². The van der Waals surface area contributed by atoms with E-state index < -0.39 is 21.8 Å². The molecule has 0 aliphatic heterocycles. The molecule has 0 radical (unpaired) electrons. The number of hydrogen-bond donors (Lipinski definition) is 0. The van der Waals surface area contributed by atoms with E-state index in [1.54, 1.807) is 0 Å². The third-order valence-electron chi connectivity index (χ3n) is 6.05. The van der Waals surface area contributed by atoms with Crippen LogP contribution in [0.2, 0.25) is 12.4 Å². The minimum atomic E-state index is -1.44. The normalized spacial score (nSPS) is 14.6. The Kier molecular flexibility index (Phi) is 20.1. The number of carbonyl (C=O) groups excluding carboxylic acids is 3. The second kappa shape index (κ2) is 20.2. The molecule has 0 N–H and O–H groups in total. The van der Waals surface area contributed by atoms with E-state index in [2.05, 4.69) is 20.8 Å². The molecule has 0 heterocycles. The number of carbonyl (C=O) groups is 3. The summed E-state index contributed by atoms with van der Waals surface area (Å²) in [6.07, 6.45) is 17.0. The zero-order valence-electron chi connectivity index (χ0n) is 18.7. The van der Waals surface area contributed by atoms with Crippen molar-refractivity contribution in [1.82, 2.24) is 0 Å². The van der Waals surface area contributed by atoms with Gasteiger partial charge in [0.05, 0.1) is 0 Å². The fraction of sp³-hybridized carbons (Fsp3) is 0.875. The van der Waals surface area contributed by atoms with Gasteiger partial charge < -0.3 is 0 Å². The summed E-state index contributed by atoms with van der Waals surface area (Å²) >= 11 is -1.44. The Labute approximate surface area is 182 Å². The first-order valence-electron chi connectivity index (χ1n) is 11.7. The van der Waals surface area contributed by atoms with Crippen molar-refractivity contribution in [3.05, 3.63) is 0 Å².